The molecule has 2 aromatic carbocycles. The Balaban J connectivity index is 1.78. The largest absolute Gasteiger partial charge is 0.496 e. The first kappa shape index (κ1) is 23.2. The maximum absolute atomic E-state index is 13.0. The van der Waals surface area contributed by atoms with E-state index in [4.69, 9.17) is 18.9 Å². The van der Waals surface area contributed by atoms with Crippen LogP contribution in [-0.4, -0.2) is 38.7 Å². The Bertz CT molecular complexity index is 1020. The average molecular weight is 440 g/mol. The van der Waals surface area contributed by atoms with Crippen LogP contribution in [0.5, 0.6) is 23.0 Å². The summed E-state index contributed by atoms with van der Waals surface area (Å²) in [7, 11) is 3.18. The monoisotopic (exact) mass is 439 g/mol. The molecule has 1 N–H and O–H groups in total. The van der Waals surface area contributed by atoms with Crippen LogP contribution in [0.2, 0.25) is 0 Å². The van der Waals surface area contributed by atoms with Gasteiger partial charge in [-0.05, 0) is 44.0 Å². The van der Waals surface area contributed by atoms with Crippen molar-refractivity contribution in [3.63, 3.8) is 0 Å². The second kappa shape index (κ2) is 10.2. The number of fused-ring (bicyclic) bond motifs is 1. The molecule has 1 amide bonds. The normalized spacial score (nSPS) is 14.5. The van der Waals surface area contributed by atoms with Crippen molar-refractivity contribution >= 4 is 11.9 Å². The molecule has 1 aliphatic heterocycles. The summed E-state index contributed by atoms with van der Waals surface area (Å²) in [6, 6.07) is 8.48. The van der Waals surface area contributed by atoms with E-state index in [0.29, 0.717) is 48.0 Å². The summed E-state index contributed by atoms with van der Waals surface area (Å²) >= 11 is 0. The number of carbonyl (C=O) groups is 2. The minimum atomic E-state index is -0.399. The second-order valence-corrected chi connectivity index (χ2v) is 7.89. The molecule has 3 rings (SSSR count). The first-order valence-corrected chi connectivity index (χ1v) is 10.4. The fraction of sp³-hybridized carbons (Fsp3) is 0.360. The molecule has 0 aromatic heterocycles. The molecule has 0 fully saturated rings. The van der Waals surface area contributed by atoms with E-state index in [1.165, 1.54) is 6.92 Å². The van der Waals surface area contributed by atoms with E-state index >= 15 is 0 Å². The van der Waals surface area contributed by atoms with Crippen LogP contribution in [0.4, 0.5) is 0 Å². The second-order valence-electron chi connectivity index (χ2n) is 7.89. The maximum atomic E-state index is 13.0. The molecular weight excluding hydrogens is 410 g/mol. The fourth-order valence-electron chi connectivity index (χ4n) is 3.53. The summed E-state index contributed by atoms with van der Waals surface area (Å²) in [5.74, 6) is 1.85. The van der Waals surface area contributed by atoms with Crippen LogP contribution in [0, 0.1) is 0 Å². The van der Waals surface area contributed by atoms with E-state index < -0.39 is 5.97 Å². The zero-order valence-corrected chi connectivity index (χ0v) is 19.1. The molecule has 0 radical (unpaired) electrons. The van der Waals surface area contributed by atoms with E-state index in [-0.39, 0.29) is 11.9 Å². The Labute approximate surface area is 188 Å². The number of ether oxygens (including phenoxy) is 4. The van der Waals surface area contributed by atoms with Crippen molar-refractivity contribution in [1.82, 2.24) is 5.32 Å². The summed E-state index contributed by atoms with van der Waals surface area (Å²) in [4.78, 5) is 24.4. The highest BCUT2D eigenvalue weighted by atomic mass is 16.5. The summed E-state index contributed by atoms with van der Waals surface area (Å²) < 4.78 is 21.9. The summed E-state index contributed by atoms with van der Waals surface area (Å²) in [6.45, 7) is 5.68. The number of amides is 1. The van der Waals surface area contributed by atoms with E-state index in [1.54, 1.807) is 38.5 Å². The molecule has 170 valence electrons. The van der Waals surface area contributed by atoms with Gasteiger partial charge in [-0.2, -0.15) is 0 Å². The van der Waals surface area contributed by atoms with Gasteiger partial charge in [-0.3, -0.25) is 9.59 Å². The van der Waals surface area contributed by atoms with Crippen LogP contribution in [0.3, 0.4) is 0 Å². The van der Waals surface area contributed by atoms with Gasteiger partial charge in [-0.1, -0.05) is 11.6 Å². The molecule has 1 unspecified atom stereocenters. The Morgan fingerprint density at radius 2 is 1.88 bits per heavy atom. The van der Waals surface area contributed by atoms with Gasteiger partial charge in [0.05, 0.1) is 20.3 Å². The molecule has 0 spiro atoms. The van der Waals surface area contributed by atoms with Crippen molar-refractivity contribution < 1.29 is 28.5 Å². The first-order valence-electron chi connectivity index (χ1n) is 10.4. The van der Waals surface area contributed by atoms with E-state index in [9.17, 15) is 9.59 Å². The molecular formula is C25H29NO6. The zero-order valence-electron chi connectivity index (χ0n) is 19.1. The SMILES string of the molecule is COc1cc(OC)c2c(c1)OCC(NC(=O)c1ccc(OC(C)=O)c(CC=C(C)C)c1)C2. The summed E-state index contributed by atoms with van der Waals surface area (Å²) in [6.07, 6.45) is 3.16. The van der Waals surface area contributed by atoms with Gasteiger partial charge in [0.15, 0.2) is 0 Å². The molecule has 0 saturated carbocycles. The fourth-order valence-corrected chi connectivity index (χ4v) is 3.53. The van der Waals surface area contributed by atoms with Gasteiger partial charge in [0.25, 0.3) is 5.91 Å². The van der Waals surface area contributed by atoms with Crippen molar-refractivity contribution in [2.45, 2.75) is 39.7 Å². The van der Waals surface area contributed by atoms with Gasteiger partial charge in [-0.15, -0.1) is 0 Å². The highest BCUT2D eigenvalue weighted by Crippen LogP contribution is 2.37. The molecule has 7 heteroatoms. The number of methoxy groups -OCH3 is 2. The van der Waals surface area contributed by atoms with Gasteiger partial charge < -0.3 is 24.3 Å². The number of hydrogen-bond donors (Lipinski definition) is 1. The molecule has 0 aliphatic carbocycles. The van der Waals surface area contributed by atoms with Crippen LogP contribution in [-0.2, 0) is 17.6 Å². The van der Waals surface area contributed by atoms with Crippen LogP contribution in [0.1, 0.15) is 42.3 Å². The van der Waals surface area contributed by atoms with Gasteiger partial charge in [0.2, 0.25) is 0 Å². The molecule has 1 heterocycles. The third kappa shape index (κ3) is 5.60. The maximum Gasteiger partial charge on any atom is 0.308 e. The number of allylic oxidation sites excluding steroid dienone is 2. The number of nitrogens with one attached hydrogen (secondary N) is 1. The molecule has 2 aromatic rings. The van der Waals surface area contributed by atoms with Crippen molar-refractivity contribution in [2.24, 2.45) is 0 Å². The lowest BCUT2D eigenvalue weighted by Crippen LogP contribution is -2.42. The van der Waals surface area contributed by atoms with E-state index in [0.717, 1.165) is 16.7 Å². The van der Waals surface area contributed by atoms with Gasteiger partial charge in [-0.25, -0.2) is 0 Å². The summed E-state index contributed by atoms with van der Waals surface area (Å²) in [5, 5.41) is 3.03. The Morgan fingerprint density at radius 1 is 1.09 bits per heavy atom. The van der Waals surface area contributed by atoms with Crippen LogP contribution < -0.4 is 24.3 Å². The Kier molecular flexibility index (Phi) is 7.41. The average Bonchev–Trinajstić information content (AvgIpc) is 2.77. The molecule has 1 aliphatic rings. The number of benzene rings is 2. The van der Waals surface area contributed by atoms with Gasteiger partial charge in [0, 0.05) is 36.6 Å². The van der Waals surface area contributed by atoms with Crippen molar-refractivity contribution in [1.29, 1.82) is 0 Å². The molecule has 7 nitrogen and oxygen atoms in total. The van der Waals surface area contributed by atoms with Crippen LogP contribution in [0.25, 0.3) is 0 Å². The predicted molar refractivity (Wildman–Crippen MR) is 121 cm³/mol. The van der Waals surface area contributed by atoms with Crippen molar-refractivity contribution in [3.05, 3.63) is 58.7 Å². The number of rotatable bonds is 7. The van der Waals surface area contributed by atoms with Crippen LogP contribution >= 0.6 is 0 Å². The quantitative estimate of drug-likeness (QED) is 0.401. The Morgan fingerprint density at radius 3 is 2.53 bits per heavy atom. The highest BCUT2D eigenvalue weighted by Gasteiger charge is 2.26. The zero-order chi connectivity index (χ0) is 23.3. The van der Waals surface area contributed by atoms with Crippen molar-refractivity contribution in [3.8, 4) is 23.0 Å². The number of hydrogen-bond acceptors (Lipinski definition) is 6. The predicted octanol–water partition coefficient (Wildman–Crippen LogP) is 3.87. The Hall–Kier alpha value is -3.48. The lowest BCUT2D eigenvalue weighted by Gasteiger charge is -2.28. The molecule has 1 atom stereocenters. The summed E-state index contributed by atoms with van der Waals surface area (Å²) in [5.41, 5.74) is 3.29. The molecule has 0 bridgehead atoms. The van der Waals surface area contributed by atoms with E-state index in [1.807, 2.05) is 26.0 Å². The number of carbonyl (C=O) groups excluding carboxylic acids is 2. The minimum Gasteiger partial charge on any atom is -0.496 e. The van der Waals surface area contributed by atoms with Gasteiger partial charge >= 0.3 is 5.97 Å². The lowest BCUT2D eigenvalue weighted by atomic mass is 10.00. The minimum absolute atomic E-state index is 0.216. The molecule has 0 saturated heterocycles. The van der Waals surface area contributed by atoms with Crippen molar-refractivity contribution in [2.75, 3.05) is 20.8 Å². The van der Waals surface area contributed by atoms with E-state index in [2.05, 4.69) is 5.32 Å². The van der Waals surface area contributed by atoms with Gasteiger partial charge in [0.1, 0.15) is 29.6 Å². The third-order valence-electron chi connectivity index (χ3n) is 5.13. The standard InChI is InChI=1S/C25H29NO6/c1-15(2)6-7-17-10-18(8-9-22(17)32-16(3)27)25(28)26-19-11-21-23(30-5)12-20(29-4)13-24(21)31-14-19/h6,8-10,12-13,19H,7,11,14H2,1-5H3,(H,26,28). The first-order chi connectivity index (χ1) is 15.3. The topological polar surface area (TPSA) is 83.1 Å². The molecule has 32 heavy (non-hydrogen) atoms. The lowest BCUT2D eigenvalue weighted by molar-refractivity contribution is -0.131. The smallest absolute Gasteiger partial charge is 0.308 e. The van der Waals surface area contributed by atoms with Crippen LogP contribution in [0.15, 0.2) is 42.0 Å². The third-order valence-corrected chi connectivity index (χ3v) is 5.13. The number of esters is 1. The highest BCUT2D eigenvalue weighted by molar-refractivity contribution is 5.95.